The summed E-state index contributed by atoms with van der Waals surface area (Å²) in [5, 5.41) is 4.80. The molecule has 1 aromatic carbocycles. The van der Waals surface area contributed by atoms with E-state index in [1.165, 1.54) is 38.5 Å². The van der Waals surface area contributed by atoms with Crippen LogP contribution in [0.4, 0.5) is 4.39 Å². The Morgan fingerprint density at radius 2 is 2.24 bits per heavy atom. The standard InChI is InChI=1S/C21H21FN4O3/c1-28-19-5-4-14(8-16(19)22)21(27)25-7-6-18-15(10-25)20(17-11-29-12-23-17)24-26(18)9-13-2-3-13/h4-5,8,11-13H,2-3,6-7,9-10H2,1H3. The third kappa shape index (κ3) is 3.28. The molecule has 0 bridgehead atoms. The third-order valence-electron chi connectivity index (χ3n) is 5.62. The number of nitrogens with zero attached hydrogens (tertiary/aromatic N) is 4. The summed E-state index contributed by atoms with van der Waals surface area (Å²) in [6.45, 7) is 1.88. The number of fused-ring (bicyclic) bond motifs is 1. The van der Waals surface area contributed by atoms with Gasteiger partial charge in [0.25, 0.3) is 5.91 Å². The molecule has 1 amide bonds. The van der Waals surface area contributed by atoms with Crippen LogP contribution in [0, 0.1) is 11.7 Å². The van der Waals surface area contributed by atoms with Crippen molar-refractivity contribution < 1.29 is 18.3 Å². The number of aromatic nitrogens is 3. The van der Waals surface area contributed by atoms with Gasteiger partial charge in [0.15, 0.2) is 18.0 Å². The van der Waals surface area contributed by atoms with Crippen LogP contribution in [0.2, 0.25) is 0 Å². The zero-order valence-corrected chi connectivity index (χ0v) is 16.1. The van der Waals surface area contributed by atoms with E-state index in [9.17, 15) is 9.18 Å². The summed E-state index contributed by atoms with van der Waals surface area (Å²) in [5.41, 5.74) is 3.88. The highest BCUT2D eigenvalue weighted by Crippen LogP contribution is 2.35. The van der Waals surface area contributed by atoms with Gasteiger partial charge in [0.2, 0.25) is 0 Å². The van der Waals surface area contributed by atoms with Crippen LogP contribution in [0.3, 0.4) is 0 Å². The van der Waals surface area contributed by atoms with Crippen molar-refractivity contribution in [3.63, 3.8) is 0 Å². The lowest BCUT2D eigenvalue weighted by Crippen LogP contribution is -2.36. The lowest BCUT2D eigenvalue weighted by atomic mass is 10.0. The lowest BCUT2D eigenvalue weighted by Gasteiger charge is -2.28. The number of hydrogen-bond donors (Lipinski definition) is 0. The van der Waals surface area contributed by atoms with Crippen LogP contribution in [0.1, 0.15) is 34.5 Å². The number of halogens is 1. The largest absolute Gasteiger partial charge is 0.494 e. The quantitative estimate of drug-likeness (QED) is 0.662. The predicted molar refractivity (Wildman–Crippen MR) is 102 cm³/mol. The van der Waals surface area contributed by atoms with Gasteiger partial charge in [0.1, 0.15) is 17.7 Å². The number of oxazole rings is 1. The molecule has 0 atom stereocenters. The molecule has 1 fully saturated rings. The smallest absolute Gasteiger partial charge is 0.254 e. The van der Waals surface area contributed by atoms with Crippen molar-refractivity contribution in [1.82, 2.24) is 19.7 Å². The van der Waals surface area contributed by atoms with E-state index < -0.39 is 5.82 Å². The summed E-state index contributed by atoms with van der Waals surface area (Å²) < 4.78 is 26.2. The molecule has 2 aliphatic rings. The second-order valence-electron chi connectivity index (χ2n) is 7.60. The van der Waals surface area contributed by atoms with E-state index in [0.29, 0.717) is 36.7 Å². The van der Waals surface area contributed by atoms with Gasteiger partial charge in [-0.3, -0.25) is 9.48 Å². The fraction of sp³-hybridized carbons (Fsp3) is 0.381. The number of ether oxygens (including phenoxy) is 1. The maximum Gasteiger partial charge on any atom is 0.254 e. The molecule has 5 rings (SSSR count). The van der Waals surface area contributed by atoms with Crippen LogP contribution in [-0.2, 0) is 19.5 Å². The van der Waals surface area contributed by atoms with Crippen molar-refractivity contribution >= 4 is 5.91 Å². The minimum atomic E-state index is -0.545. The number of carbonyl (C=O) groups excluding carboxylic acids is 1. The molecule has 3 heterocycles. The van der Waals surface area contributed by atoms with Gasteiger partial charge in [-0.25, -0.2) is 9.37 Å². The van der Waals surface area contributed by atoms with Crippen LogP contribution >= 0.6 is 0 Å². The summed E-state index contributed by atoms with van der Waals surface area (Å²) in [6, 6.07) is 4.30. The maximum atomic E-state index is 14.1. The minimum Gasteiger partial charge on any atom is -0.494 e. The van der Waals surface area contributed by atoms with E-state index >= 15 is 0 Å². The zero-order valence-electron chi connectivity index (χ0n) is 16.1. The first-order valence-corrected chi connectivity index (χ1v) is 9.74. The van der Waals surface area contributed by atoms with Gasteiger partial charge in [-0.2, -0.15) is 5.10 Å². The van der Waals surface area contributed by atoms with Crippen molar-refractivity contribution in [2.75, 3.05) is 13.7 Å². The number of rotatable bonds is 5. The van der Waals surface area contributed by atoms with Gasteiger partial charge in [-0.1, -0.05) is 0 Å². The normalized spacial score (nSPS) is 16.0. The van der Waals surface area contributed by atoms with E-state index in [4.69, 9.17) is 14.3 Å². The molecule has 1 aliphatic heterocycles. The zero-order chi connectivity index (χ0) is 20.0. The summed E-state index contributed by atoms with van der Waals surface area (Å²) in [7, 11) is 1.40. The van der Waals surface area contributed by atoms with Crippen molar-refractivity contribution in [1.29, 1.82) is 0 Å². The van der Waals surface area contributed by atoms with Crippen LogP contribution in [-0.4, -0.2) is 39.2 Å². The highest BCUT2D eigenvalue weighted by Gasteiger charge is 2.31. The molecule has 0 saturated heterocycles. The fourth-order valence-electron chi connectivity index (χ4n) is 3.88. The van der Waals surface area contributed by atoms with Gasteiger partial charge >= 0.3 is 0 Å². The fourth-order valence-corrected chi connectivity index (χ4v) is 3.88. The topological polar surface area (TPSA) is 73.4 Å². The molecule has 0 spiro atoms. The Bertz CT molecular complexity index is 1060. The van der Waals surface area contributed by atoms with E-state index in [2.05, 4.69) is 9.67 Å². The molecule has 0 N–H and O–H groups in total. The minimum absolute atomic E-state index is 0.122. The first-order valence-electron chi connectivity index (χ1n) is 9.74. The van der Waals surface area contributed by atoms with Gasteiger partial charge in [0.05, 0.1) is 13.7 Å². The first kappa shape index (κ1) is 17.9. The number of hydrogen-bond acceptors (Lipinski definition) is 5. The first-order chi connectivity index (χ1) is 14.1. The highest BCUT2D eigenvalue weighted by molar-refractivity contribution is 5.94. The van der Waals surface area contributed by atoms with E-state index in [0.717, 1.165) is 23.5 Å². The van der Waals surface area contributed by atoms with E-state index in [-0.39, 0.29) is 11.7 Å². The van der Waals surface area contributed by atoms with Crippen molar-refractivity contribution in [2.24, 2.45) is 5.92 Å². The Balaban J connectivity index is 1.45. The average Bonchev–Trinajstić information content (AvgIpc) is 3.25. The van der Waals surface area contributed by atoms with Crippen LogP contribution in [0.25, 0.3) is 11.4 Å². The Hall–Kier alpha value is -3.16. The second-order valence-corrected chi connectivity index (χ2v) is 7.60. The van der Waals surface area contributed by atoms with Gasteiger partial charge in [-0.05, 0) is 37.0 Å². The third-order valence-corrected chi connectivity index (χ3v) is 5.62. The Labute approximate surface area is 167 Å². The number of benzene rings is 1. The average molecular weight is 396 g/mol. The summed E-state index contributed by atoms with van der Waals surface area (Å²) in [5.74, 6) is 0.0538. The van der Waals surface area contributed by atoms with Crippen molar-refractivity contribution in [2.45, 2.75) is 32.4 Å². The molecule has 2 aromatic heterocycles. The van der Waals surface area contributed by atoms with E-state index in [1.54, 1.807) is 17.2 Å². The summed E-state index contributed by atoms with van der Waals surface area (Å²) in [6.07, 6.45) is 6.14. The Morgan fingerprint density at radius 3 is 2.93 bits per heavy atom. The SMILES string of the molecule is COc1ccc(C(=O)N2CCc3c(c(-c4cocn4)nn3CC3CC3)C2)cc1F. The van der Waals surface area contributed by atoms with Crippen molar-refractivity contribution in [3.05, 3.63) is 53.5 Å². The Kier molecular flexibility index (Phi) is 4.34. The van der Waals surface area contributed by atoms with Crippen LogP contribution in [0.5, 0.6) is 5.75 Å². The van der Waals surface area contributed by atoms with Gasteiger partial charge in [-0.15, -0.1) is 0 Å². The number of carbonyl (C=O) groups is 1. The van der Waals surface area contributed by atoms with E-state index in [1.807, 2.05) is 0 Å². The highest BCUT2D eigenvalue weighted by atomic mass is 19.1. The molecule has 3 aromatic rings. The van der Waals surface area contributed by atoms with Crippen molar-refractivity contribution in [3.8, 4) is 17.1 Å². The summed E-state index contributed by atoms with van der Waals surface area (Å²) in [4.78, 5) is 19.0. The predicted octanol–water partition coefficient (Wildman–Crippen LogP) is 3.29. The molecular weight excluding hydrogens is 375 g/mol. The second kappa shape index (κ2) is 7.02. The molecule has 1 aliphatic carbocycles. The maximum absolute atomic E-state index is 14.1. The molecule has 0 radical (unpaired) electrons. The lowest BCUT2D eigenvalue weighted by molar-refractivity contribution is 0.0733. The van der Waals surface area contributed by atoms with Gasteiger partial charge < -0.3 is 14.1 Å². The molecule has 1 saturated carbocycles. The van der Waals surface area contributed by atoms with Gasteiger partial charge in [0, 0.05) is 36.3 Å². The number of methoxy groups -OCH3 is 1. The molecule has 8 heteroatoms. The molecular formula is C21H21FN4O3. The molecule has 150 valence electrons. The Morgan fingerprint density at radius 1 is 1.38 bits per heavy atom. The van der Waals surface area contributed by atoms with Crippen LogP contribution < -0.4 is 4.74 Å². The number of amides is 1. The summed E-state index contributed by atoms with van der Waals surface area (Å²) >= 11 is 0. The molecule has 7 nitrogen and oxygen atoms in total. The van der Waals surface area contributed by atoms with Crippen LogP contribution in [0.15, 0.2) is 35.3 Å². The monoisotopic (exact) mass is 396 g/mol. The molecule has 0 unspecified atom stereocenters. The molecule has 29 heavy (non-hydrogen) atoms.